The zero-order valence-electron chi connectivity index (χ0n) is 9.97. The van der Waals surface area contributed by atoms with E-state index in [0.717, 1.165) is 5.69 Å². The van der Waals surface area contributed by atoms with Gasteiger partial charge in [-0.2, -0.15) is 0 Å². The Kier molecular flexibility index (Phi) is 2.81. The molecule has 0 aliphatic heterocycles. The summed E-state index contributed by atoms with van der Waals surface area (Å²) in [5, 5.41) is 2.46. The Morgan fingerprint density at radius 3 is 2.71 bits per heavy atom. The predicted octanol–water partition coefficient (Wildman–Crippen LogP) is 3.42. The van der Waals surface area contributed by atoms with Gasteiger partial charge in [-0.05, 0) is 30.2 Å². The van der Waals surface area contributed by atoms with Crippen molar-refractivity contribution in [3.05, 3.63) is 42.2 Å². The highest BCUT2D eigenvalue weighted by atomic mass is 14.8. The lowest BCUT2D eigenvalue weighted by molar-refractivity contribution is 0.439. The number of fused-ring (bicyclic) bond motifs is 1. The lowest BCUT2D eigenvalue weighted by Gasteiger charge is -2.19. The second kappa shape index (κ2) is 4.46. The van der Waals surface area contributed by atoms with Crippen LogP contribution in [0.2, 0.25) is 0 Å². The van der Waals surface area contributed by atoms with Gasteiger partial charge in [0.05, 0.1) is 11.7 Å². The van der Waals surface area contributed by atoms with Crippen LogP contribution in [0.1, 0.15) is 37.4 Å². The minimum absolute atomic E-state index is 0.101. The van der Waals surface area contributed by atoms with Crippen LogP contribution in [0.5, 0.6) is 0 Å². The maximum Gasteiger partial charge on any atom is 0.0651 e. The van der Waals surface area contributed by atoms with Gasteiger partial charge >= 0.3 is 0 Å². The van der Waals surface area contributed by atoms with Gasteiger partial charge < -0.3 is 5.73 Å². The minimum Gasteiger partial charge on any atom is -0.322 e. The number of aromatic nitrogens is 1. The predicted molar refractivity (Wildman–Crippen MR) is 70.6 cm³/mol. The third-order valence-corrected chi connectivity index (χ3v) is 3.93. The number of hydrogen-bond acceptors (Lipinski definition) is 2. The van der Waals surface area contributed by atoms with Gasteiger partial charge in [-0.3, -0.25) is 4.98 Å². The number of nitrogens with zero attached hydrogens (tertiary/aromatic N) is 1. The van der Waals surface area contributed by atoms with Crippen LogP contribution in [0.3, 0.4) is 0 Å². The van der Waals surface area contributed by atoms with Crippen molar-refractivity contribution in [1.29, 1.82) is 0 Å². The van der Waals surface area contributed by atoms with E-state index in [4.69, 9.17) is 5.73 Å². The fourth-order valence-corrected chi connectivity index (χ4v) is 2.95. The van der Waals surface area contributed by atoms with E-state index in [9.17, 15) is 0 Å². The molecule has 0 spiro atoms. The highest BCUT2D eigenvalue weighted by Gasteiger charge is 2.25. The molecular weight excluding hydrogens is 208 g/mol. The lowest BCUT2D eigenvalue weighted by Crippen LogP contribution is -2.20. The average Bonchev–Trinajstić information content (AvgIpc) is 2.91. The van der Waals surface area contributed by atoms with Gasteiger partial charge in [0, 0.05) is 11.6 Å². The van der Waals surface area contributed by atoms with Crippen LogP contribution in [0.15, 0.2) is 36.5 Å². The van der Waals surface area contributed by atoms with Gasteiger partial charge in [-0.1, -0.05) is 37.1 Å². The first-order chi connectivity index (χ1) is 8.36. The Labute approximate surface area is 102 Å². The van der Waals surface area contributed by atoms with Gasteiger partial charge in [-0.15, -0.1) is 0 Å². The third kappa shape index (κ3) is 1.93. The van der Waals surface area contributed by atoms with Gasteiger partial charge in [-0.25, -0.2) is 0 Å². The Bertz CT molecular complexity index is 510. The number of rotatable bonds is 2. The molecule has 1 aromatic heterocycles. The molecule has 1 aliphatic rings. The molecule has 1 fully saturated rings. The Morgan fingerprint density at radius 1 is 1.12 bits per heavy atom. The molecule has 2 heteroatoms. The summed E-state index contributed by atoms with van der Waals surface area (Å²) in [4.78, 5) is 4.53. The van der Waals surface area contributed by atoms with E-state index in [0.29, 0.717) is 5.92 Å². The van der Waals surface area contributed by atoms with Crippen molar-refractivity contribution in [3.8, 4) is 0 Å². The molecule has 1 saturated carbocycles. The summed E-state index contributed by atoms with van der Waals surface area (Å²) in [5.74, 6) is 0.619. The summed E-state index contributed by atoms with van der Waals surface area (Å²) >= 11 is 0. The van der Waals surface area contributed by atoms with Gasteiger partial charge in [0.1, 0.15) is 0 Å². The molecule has 0 radical (unpaired) electrons. The number of benzene rings is 1. The van der Waals surface area contributed by atoms with E-state index >= 15 is 0 Å². The minimum atomic E-state index is 0.101. The molecule has 0 amide bonds. The number of hydrogen-bond donors (Lipinski definition) is 1. The van der Waals surface area contributed by atoms with E-state index in [-0.39, 0.29) is 6.04 Å². The molecule has 1 atom stereocenters. The fourth-order valence-electron chi connectivity index (χ4n) is 2.95. The zero-order valence-corrected chi connectivity index (χ0v) is 9.97. The summed E-state index contributed by atoms with van der Waals surface area (Å²) in [6.07, 6.45) is 7.04. The lowest BCUT2D eigenvalue weighted by atomic mass is 9.93. The summed E-state index contributed by atoms with van der Waals surface area (Å²) in [5.41, 5.74) is 7.48. The first-order valence-electron chi connectivity index (χ1n) is 6.45. The molecule has 1 aromatic carbocycles. The Hall–Kier alpha value is -1.41. The number of pyridine rings is 1. The normalized spacial score (nSPS) is 18.6. The van der Waals surface area contributed by atoms with Crippen molar-refractivity contribution in [1.82, 2.24) is 4.98 Å². The first kappa shape index (κ1) is 10.7. The number of nitrogens with two attached hydrogens (primary N) is 1. The highest BCUT2D eigenvalue weighted by molar-refractivity contribution is 5.84. The van der Waals surface area contributed by atoms with E-state index in [2.05, 4.69) is 35.3 Å². The largest absolute Gasteiger partial charge is 0.322 e. The van der Waals surface area contributed by atoms with Crippen LogP contribution >= 0.6 is 0 Å². The SMILES string of the molecule is NC(c1nccc2ccccc12)C1CCCC1. The zero-order chi connectivity index (χ0) is 11.7. The fraction of sp³-hybridized carbons (Fsp3) is 0.400. The second-order valence-electron chi connectivity index (χ2n) is 4.99. The van der Waals surface area contributed by atoms with Crippen molar-refractivity contribution in [2.75, 3.05) is 0 Å². The van der Waals surface area contributed by atoms with E-state index in [1.807, 2.05) is 6.20 Å². The van der Waals surface area contributed by atoms with Crippen LogP contribution in [0.25, 0.3) is 10.8 Å². The van der Waals surface area contributed by atoms with Crippen molar-refractivity contribution in [2.24, 2.45) is 11.7 Å². The van der Waals surface area contributed by atoms with Crippen LogP contribution < -0.4 is 5.73 Å². The molecule has 2 aromatic rings. The van der Waals surface area contributed by atoms with Crippen molar-refractivity contribution < 1.29 is 0 Å². The summed E-state index contributed by atoms with van der Waals surface area (Å²) in [7, 11) is 0. The molecule has 88 valence electrons. The first-order valence-corrected chi connectivity index (χ1v) is 6.45. The summed E-state index contributed by atoms with van der Waals surface area (Å²) in [6, 6.07) is 10.5. The molecule has 3 rings (SSSR count). The highest BCUT2D eigenvalue weighted by Crippen LogP contribution is 2.35. The van der Waals surface area contributed by atoms with Crippen LogP contribution in [-0.2, 0) is 0 Å². The quantitative estimate of drug-likeness (QED) is 0.852. The van der Waals surface area contributed by atoms with Crippen molar-refractivity contribution >= 4 is 10.8 Å². The molecule has 1 aliphatic carbocycles. The van der Waals surface area contributed by atoms with Crippen molar-refractivity contribution in [2.45, 2.75) is 31.7 Å². The molecule has 17 heavy (non-hydrogen) atoms. The van der Waals surface area contributed by atoms with E-state index in [1.54, 1.807) is 0 Å². The molecule has 1 unspecified atom stereocenters. The van der Waals surface area contributed by atoms with Crippen LogP contribution in [0, 0.1) is 5.92 Å². The third-order valence-electron chi connectivity index (χ3n) is 3.93. The Morgan fingerprint density at radius 2 is 1.88 bits per heavy atom. The molecule has 0 bridgehead atoms. The molecule has 0 saturated heterocycles. The Balaban J connectivity index is 2.04. The van der Waals surface area contributed by atoms with Crippen molar-refractivity contribution in [3.63, 3.8) is 0 Å². The van der Waals surface area contributed by atoms with E-state index in [1.165, 1.54) is 36.5 Å². The van der Waals surface area contributed by atoms with Crippen LogP contribution in [0.4, 0.5) is 0 Å². The standard InChI is InChI=1S/C15H18N2/c16-14(12-6-1-2-7-12)15-13-8-4-3-5-11(13)9-10-17-15/h3-5,8-10,12,14H,1-2,6-7,16H2. The molecule has 2 nitrogen and oxygen atoms in total. The van der Waals surface area contributed by atoms with Gasteiger partial charge in [0.25, 0.3) is 0 Å². The summed E-state index contributed by atoms with van der Waals surface area (Å²) < 4.78 is 0. The average molecular weight is 226 g/mol. The summed E-state index contributed by atoms with van der Waals surface area (Å²) in [6.45, 7) is 0. The van der Waals surface area contributed by atoms with Crippen LogP contribution in [-0.4, -0.2) is 4.98 Å². The maximum atomic E-state index is 6.40. The maximum absolute atomic E-state index is 6.40. The molecule has 2 N–H and O–H groups in total. The monoisotopic (exact) mass is 226 g/mol. The molecular formula is C15H18N2. The van der Waals surface area contributed by atoms with Gasteiger partial charge in [0.2, 0.25) is 0 Å². The van der Waals surface area contributed by atoms with Gasteiger partial charge in [0.15, 0.2) is 0 Å². The second-order valence-corrected chi connectivity index (χ2v) is 4.99. The van der Waals surface area contributed by atoms with E-state index < -0.39 is 0 Å². The molecule has 1 heterocycles. The smallest absolute Gasteiger partial charge is 0.0651 e. The topological polar surface area (TPSA) is 38.9 Å².